The van der Waals surface area contributed by atoms with E-state index in [4.69, 9.17) is 4.74 Å². The highest BCUT2D eigenvalue weighted by Gasteiger charge is 2.21. The van der Waals surface area contributed by atoms with Crippen molar-refractivity contribution in [3.63, 3.8) is 0 Å². The van der Waals surface area contributed by atoms with Crippen molar-refractivity contribution in [2.24, 2.45) is 0 Å². The number of piperidine rings is 1. The fourth-order valence-electron chi connectivity index (χ4n) is 2.68. The highest BCUT2D eigenvalue weighted by atomic mass is 16.5. The molecule has 1 aliphatic rings. The standard InChI is InChI=1S/C17H26N2O2/c1-14(13-21-16-9-4-3-5-10-16)18-17(20)12-19-11-7-6-8-15(19)2/h3-5,9-10,14-15H,6-8,11-13H2,1-2H3,(H,18,20)/t14-,15+/m0/s1. The summed E-state index contributed by atoms with van der Waals surface area (Å²) in [4.78, 5) is 14.3. The van der Waals surface area contributed by atoms with Gasteiger partial charge in [-0.3, -0.25) is 9.69 Å². The molecule has 1 amide bonds. The third-order valence-corrected chi connectivity index (χ3v) is 3.94. The zero-order chi connectivity index (χ0) is 15.1. The Hall–Kier alpha value is -1.55. The number of carbonyl (C=O) groups is 1. The zero-order valence-electron chi connectivity index (χ0n) is 13.0. The van der Waals surface area contributed by atoms with Crippen molar-refractivity contribution in [1.82, 2.24) is 10.2 Å². The molecule has 1 fully saturated rings. The highest BCUT2D eigenvalue weighted by molar-refractivity contribution is 5.78. The number of rotatable bonds is 6. The van der Waals surface area contributed by atoms with Crippen LogP contribution in [0.15, 0.2) is 30.3 Å². The molecule has 4 heteroatoms. The molecule has 2 rings (SSSR count). The molecule has 0 aromatic heterocycles. The van der Waals surface area contributed by atoms with Crippen LogP contribution in [0.3, 0.4) is 0 Å². The molecule has 1 N–H and O–H groups in total. The number of likely N-dealkylation sites (tertiary alicyclic amines) is 1. The van der Waals surface area contributed by atoms with E-state index in [1.54, 1.807) is 0 Å². The quantitative estimate of drug-likeness (QED) is 0.875. The average Bonchev–Trinajstić information content (AvgIpc) is 2.48. The van der Waals surface area contributed by atoms with Crippen LogP contribution in [0, 0.1) is 0 Å². The van der Waals surface area contributed by atoms with Gasteiger partial charge in [-0.05, 0) is 45.4 Å². The van der Waals surface area contributed by atoms with E-state index in [1.165, 1.54) is 19.3 Å². The van der Waals surface area contributed by atoms with E-state index < -0.39 is 0 Å². The number of hydrogen-bond acceptors (Lipinski definition) is 3. The van der Waals surface area contributed by atoms with Crippen LogP contribution in [0.4, 0.5) is 0 Å². The van der Waals surface area contributed by atoms with Gasteiger partial charge in [-0.25, -0.2) is 0 Å². The molecule has 1 aromatic carbocycles. The molecule has 0 spiro atoms. The van der Waals surface area contributed by atoms with Crippen LogP contribution in [0.1, 0.15) is 33.1 Å². The summed E-state index contributed by atoms with van der Waals surface area (Å²) < 4.78 is 5.65. The van der Waals surface area contributed by atoms with E-state index in [0.29, 0.717) is 19.2 Å². The Morgan fingerprint density at radius 3 is 2.86 bits per heavy atom. The Kier molecular flexibility index (Phi) is 6.05. The number of ether oxygens (including phenoxy) is 1. The van der Waals surface area contributed by atoms with Crippen molar-refractivity contribution in [3.05, 3.63) is 30.3 Å². The second-order valence-electron chi connectivity index (χ2n) is 5.91. The minimum atomic E-state index is 0.0119. The second-order valence-corrected chi connectivity index (χ2v) is 5.91. The van der Waals surface area contributed by atoms with E-state index in [1.807, 2.05) is 37.3 Å². The number of nitrogens with one attached hydrogen (secondary N) is 1. The molecule has 1 aliphatic heterocycles. The fourth-order valence-corrected chi connectivity index (χ4v) is 2.68. The summed E-state index contributed by atoms with van der Waals surface area (Å²) in [5.41, 5.74) is 0. The largest absolute Gasteiger partial charge is 0.491 e. The predicted molar refractivity (Wildman–Crippen MR) is 84.4 cm³/mol. The van der Waals surface area contributed by atoms with Gasteiger partial charge in [-0.15, -0.1) is 0 Å². The molecule has 0 unspecified atom stereocenters. The lowest BCUT2D eigenvalue weighted by Gasteiger charge is -2.32. The highest BCUT2D eigenvalue weighted by Crippen LogP contribution is 2.15. The molecule has 0 radical (unpaired) electrons. The Labute approximate surface area is 127 Å². The van der Waals surface area contributed by atoms with Gasteiger partial charge >= 0.3 is 0 Å². The molecule has 0 aliphatic carbocycles. The lowest BCUT2D eigenvalue weighted by Crippen LogP contribution is -2.47. The lowest BCUT2D eigenvalue weighted by atomic mass is 10.0. The average molecular weight is 290 g/mol. The van der Waals surface area contributed by atoms with Crippen molar-refractivity contribution in [2.75, 3.05) is 19.7 Å². The molecule has 0 saturated carbocycles. The summed E-state index contributed by atoms with van der Waals surface area (Å²) in [5, 5.41) is 3.01. The summed E-state index contributed by atoms with van der Waals surface area (Å²) in [7, 11) is 0. The molecular formula is C17H26N2O2. The molecular weight excluding hydrogens is 264 g/mol. The SMILES string of the molecule is C[C@@H]1CCCCN1CC(=O)N[C@@H](C)COc1ccccc1. The van der Waals surface area contributed by atoms with Crippen LogP contribution >= 0.6 is 0 Å². The van der Waals surface area contributed by atoms with E-state index in [-0.39, 0.29) is 11.9 Å². The Morgan fingerprint density at radius 1 is 1.38 bits per heavy atom. The third-order valence-electron chi connectivity index (χ3n) is 3.94. The summed E-state index contributed by atoms with van der Waals surface area (Å²) in [5.74, 6) is 0.927. The van der Waals surface area contributed by atoms with Crippen molar-refractivity contribution >= 4 is 5.91 Å². The van der Waals surface area contributed by atoms with Gasteiger partial charge in [0.2, 0.25) is 5.91 Å². The molecule has 1 heterocycles. The first-order valence-corrected chi connectivity index (χ1v) is 7.86. The molecule has 1 aromatic rings. The predicted octanol–water partition coefficient (Wildman–Crippen LogP) is 2.44. The van der Waals surface area contributed by atoms with Gasteiger partial charge in [-0.2, -0.15) is 0 Å². The maximum Gasteiger partial charge on any atom is 0.234 e. The summed E-state index contributed by atoms with van der Waals surface area (Å²) in [6.07, 6.45) is 3.67. The zero-order valence-corrected chi connectivity index (χ0v) is 13.0. The van der Waals surface area contributed by atoms with Crippen molar-refractivity contribution < 1.29 is 9.53 Å². The number of para-hydroxylation sites is 1. The minimum absolute atomic E-state index is 0.0119. The van der Waals surface area contributed by atoms with E-state index in [2.05, 4.69) is 17.1 Å². The number of benzene rings is 1. The number of hydrogen-bond donors (Lipinski definition) is 1. The monoisotopic (exact) mass is 290 g/mol. The van der Waals surface area contributed by atoms with Crippen LogP contribution in [0.25, 0.3) is 0 Å². The Balaban J connectivity index is 1.69. The Bertz CT molecular complexity index is 436. The molecule has 2 atom stereocenters. The van der Waals surface area contributed by atoms with Crippen LogP contribution < -0.4 is 10.1 Å². The number of nitrogens with zero attached hydrogens (tertiary/aromatic N) is 1. The minimum Gasteiger partial charge on any atom is -0.491 e. The van der Waals surface area contributed by atoms with Gasteiger partial charge in [0.1, 0.15) is 12.4 Å². The molecule has 21 heavy (non-hydrogen) atoms. The number of amides is 1. The van der Waals surface area contributed by atoms with Crippen molar-refractivity contribution in [1.29, 1.82) is 0 Å². The van der Waals surface area contributed by atoms with Crippen LogP contribution in [0.2, 0.25) is 0 Å². The fraction of sp³-hybridized carbons (Fsp3) is 0.588. The van der Waals surface area contributed by atoms with Gasteiger partial charge < -0.3 is 10.1 Å². The molecule has 1 saturated heterocycles. The van der Waals surface area contributed by atoms with Crippen molar-refractivity contribution in [2.45, 2.75) is 45.2 Å². The van der Waals surface area contributed by atoms with Crippen molar-refractivity contribution in [3.8, 4) is 5.75 Å². The Morgan fingerprint density at radius 2 is 2.14 bits per heavy atom. The van der Waals surface area contributed by atoms with Gasteiger partial charge in [-0.1, -0.05) is 24.6 Å². The molecule has 116 valence electrons. The van der Waals surface area contributed by atoms with Gasteiger partial charge in [0, 0.05) is 6.04 Å². The van der Waals surface area contributed by atoms with Gasteiger partial charge in [0.25, 0.3) is 0 Å². The summed E-state index contributed by atoms with van der Waals surface area (Å²) in [6.45, 7) is 6.19. The van der Waals surface area contributed by atoms with Gasteiger partial charge in [0.05, 0.1) is 12.6 Å². The maximum atomic E-state index is 12.1. The van der Waals surface area contributed by atoms with Crippen LogP contribution in [-0.2, 0) is 4.79 Å². The lowest BCUT2D eigenvalue weighted by molar-refractivity contribution is -0.123. The number of carbonyl (C=O) groups excluding carboxylic acids is 1. The van der Waals surface area contributed by atoms with E-state index in [9.17, 15) is 4.79 Å². The molecule has 0 bridgehead atoms. The smallest absolute Gasteiger partial charge is 0.234 e. The maximum absolute atomic E-state index is 12.1. The topological polar surface area (TPSA) is 41.6 Å². The second kappa shape index (κ2) is 8.03. The summed E-state index contributed by atoms with van der Waals surface area (Å²) >= 11 is 0. The first-order valence-electron chi connectivity index (χ1n) is 7.86. The summed E-state index contributed by atoms with van der Waals surface area (Å²) in [6, 6.07) is 10.2. The third kappa shape index (κ3) is 5.38. The van der Waals surface area contributed by atoms with Crippen LogP contribution in [-0.4, -0.2) is 42.6 Å². The van der Waals surface area contributed by atoms with Gasteiger partial charge in [0.15, 0.2) is 0 Å². The van der Waals surface area contributed by atoms with E-state index >= 15 is 0 Å². The van der Waals surface area contributed by atoms with E-state index in [0.717, 1.165) is 12.3 Å². The molecule has 4 nitrogen and oxygen atoms in total. The normalized spacial score (nSPS) is 20.8. The van der Waals surface area contributed by atoms with Crippen LogP contribution in [0.5, 0.6) is 5.75 Å². The first kappa shape index (κ1) is 15.8. The first-order chi connectivity index (χ1) is 10.1.